The van der Waals surface area contributed by atoms with E-state index >= 15 is 0 Å². The van der Waals surface area contributed by atoms with E-state index in [9.17, 15) is 4.79 Å². The lowest BCUT2D eigenvalue weighted by molar-refractivity contribution is -0.132. The lowest BCUT2D eigenvalue weighted by atomic mass is 10.1. The molecule has 0 aliphatic carbocycles. The summed E-state index contributed by atoms with van der Waals surface area (Å²) in [6.07, 6.45) is 8.80. The van der Waals surface area contributed by atoms with Gasteiger partial charge in [-0.05, 0) is 68.1 Å². The molecule has 0 radical (unpaired) electrons. The Labute approximate surface area is 319 Å². The third kappa shape index (κ3) is 12.4. The second kappa shape index (κ2) is 19.6. The van der Waals surface area contributed by atoms with Crippen molar-refractivity contribution in [1.29, 1.82) is 0 Å². The molecule has 0 spiro atoms. The second-order valence-electron chi connectivity index (χ2n) is 15.8. The molecule has 1 saturated heterocycles. The van der Waals surface area contributed by atoms with Crippen LogP contribution in [0.2, 0.25) is 25.7 Å². The van der Waals surface area contributed by atoms with Crippen molar-refractivity contribution in [3.05, 3.63) is 72.1 Å². The largest absolute Gasteiger partial charge is 0.379 e. The van der Waals surface area contributed by atoms with E-state index in [0.717, 1.165) is 80.8 Å². The van der Waals surface area contributed by atoms with Crippen LogP contribution in [0.4, 0.5) is 17.5 Å². The molecule has 53 heavy (non-hydrogen) atoms. The van der Waals surface area contributed by atoms with Gasteiger partial charge in [0, 0.05) is 97.7 Å². The second-order valence-corrected chi connectivity index (χ2v) is 21.4. The lowest BCUT2D eigenvalue weighted by Gasteiger charge is -2.41. The van der Waals surface area contributed by atoms with Gasteiger partial charge in [-0.1, -0.05) is 50.3 Å². The van der Waals surface area contributed by atoms with Gasteiger partial charge in [-0.2, -0.15) is 0 Å². The number of anilines is 3. The van der Waals surface area contributed by atoms with Crippen molar-refractivity contribution < 1.29 is 14.3 Å². The number of nitrogens with zero attached hydrogens (tertiary/aromatic N) is 8. The SMILES string of the molecule is CCC(C)=CCCOCC1CN2CCN1Cc1cccc(c1)N(COCC[Si](C)(C)C)c1nccc(n1)-c1ccc(nc1)N(C)CCCN(C)C(=O)C2. The highest BCUT2D eigenvalue weighted by atomic mass is 28.3. The molecule has 3 atom stereocenters. The fourth-order valence-corrected chi connectivity index (χ4v) is 7.31. The first-order valence-corrected chi connectivity index (χ1v) is 23.1. The van der Waals surface area contributed by atoms with E-state index in [1.165, 1.54) is 11.1 Å². The number of carbonyl (C=O) groups is 1. The Morgan fingerprint density at radius 3 is 2.57 bits per heavy atom. The molecule has 8 rings (SSSR count). The van der Waals surface area contributed by atoms with Crippen LogP contribution in [0.3, 0.4) is 0 Å². The normalized spacial score (nSPS) is 20.7. The summed E-state index contributed by atoms with van der Waals surface area (Å²) < 4.78 is 12.6. The Hall–Kier alpha value is -3.68. The third-order valence-electron chi connectivity index (χ3n) is 10.2. The summed E-state index contributed by atoms with van der Waals surface area (Å²) in [4.78, 5) is 38.9. The predicted octanol–water partition coefficient (Wildman–Crippen LogP) is 6.54. The summed E-state index contributed by atoms with van der Waals surface area (Å²) in [5.41, 5.74) is 5.30. The first-order chi connectivity index (χ1) is 25.5. The summed E-state index contributed by atoms with van der Waals surface area (Å²) in [6.45, 7) is 19.0. The summed E-state index contributed by atoms with van der Waals surface area (Å²) >= 11 is 0. The van der Waals surface area contributed by atoms with Gasteiger partial charge in [-0.15, -0.1) is 0 Å². The van der Waals surface area contributed by atoms with Crippen LogP contribution in [0.1, 0.15) is 38.7 Å². The number of ether oxygens (including phenoxy) is 2. The maximum absolute atomic E-state index is 13.4. The minimum absolute atomic E-state index is 0.157. The number of aromatic nitrogens is 3. The number of likely N-dealkylation sites (N-methyl/N-ethyl adjacent to an activating group) is 1. The quantitative estimate of drug-likeness (QED) is 0.123. The number of benzene rings is 1. The number of pyridine rings is 1. The summed E-state index contributed by atoms with van der Waals surface area (Å²) in [5.74, 6) is 1.63. The highest BCUT2D eigenvalue weighted by molar-refractivity contribution is 6.76. The highest BCUT2D eigenvalue weighted by Gasteiger charge is 2.29. The smallest absolute Gasteiger partial charge is 0.236 e. The third-order valence-corrected chi connectivity index (χ3v) is 11.9. The zero-order chi connectivity index (χ0) is 37.8. The fourth-order valence-electron chi connectivity index (χ4n) is 6.56. The van der Waals surface area contributed by atoms with Crippen LogP contribution in [-0.4, -0.2) is 130 Å². The number of rotatable bonds is 11. The van der Waals surface area contributed by atoms with Crippen molar-refractivity contribution in [2.24, 2.45) is 0 Å². The molecule has 8 bridgehead atoms. The lowest BCUT2D eigenvalue weighted by Crippen LogP contribution is -2.56. The molecule has 11 nitrogen and oxygen atoms in total. The minimum atomic E-state index is -1.26. The van der Waals surface area contributed by atoms with Crippen molar-refractivity contribution >= 4 is 31.4 Å². The van der Waals surface area contributed by atoms with Crippen LogP contribution >= 0.6 is 0 Å². The van der Waals surface area contributed by atoms with Gasteiger partial charge in [0.15, 0.2) is 0 Å². The zero-order valence-electron chi connectivity index (χ0n) is 33.3. The number of piperazine rings is 1. The van der Waals surface area contributed by atoms with Gasteiger partial charge in [0.25, 0.3) is 0 Å². The van der Waals surface area contributed by atoms with Crippen molar-refractivity contribution in [2.45, 2.75) is 71.4 Å². The standard InChI is InChI=1S/C41H62N8O3Si/c1-8-33(2)12-10-23-51-31-37-29-47-21-22-48(37)28-34-13-9-14-36(26-34)49(32-52-24-25-53(5,6)7)41-42-18-17-38(44-41)35-15-16-39(43-27-35)45(3)19-11-20-46(4)40(50)30-47/h9,12-18,26-27,37H,8,10-11,19-25,28-32H2,1-7H3. The first kappa shape index (κ1) is 40.5. The van der Waals surface area contributed by atoms with Crippen molar-refractivity contribution in [3.63, 3.8) is 0 Å². The van der Waals surface area contributed by atoms with E-state index in [2.05, 4.69) is 89.5 Å². The molecule has 288 valence electrons. The Bertz CT molecular complexity index is 1630. The number of carbonyl (C=O) groups excluding carboxylic acids is 1. The number of hydrogen-bond acceptors (Lipinski definition) is 10. The molecule has 3 aromatic rings. The van der Waals surface area contributed by atoms with Gasteiger partial charge >= 0.3 is 0 Å². The highest BCUT2D eigenvalue weighted by Crippen LogP contribution is 2.28. The molecule has 1 fully saturated rings. The van der Waals surface area contributed by atoms with Crippen molar-refractivity contribution in [1.82, 2.24) is 29.7 Å². The maximum atomic E-state index is 13.4. The summed E-state index contributed by atoms with van der Waals surface area (Å²) in [6, 6.07) is 15.9. The van der Waals surface area contributed by atoms with Crippen LogP contribution in [0, 0.1) is 0 Å². The molecule has 5 aliphatic heterocycles. The monoisotopic (exact) mass is 742 g/mol. The van der Waals surface area contributed by atoms with Gasteiger partial charge in [0.2, 0.25) is 11.9 Å². The van der Waals surface area contributed by atoms with Crippen LogP contribution < -0.4 is 9.80 Å². The number of allylic oxidation sites excluding steroid dienone is 1. The van der Waals surface area contributed by atoms with Gasteiger partial charge < -0.3 is 19.3 Å². The van der Waals surface area contributed by atoms with E-state index in [4.69, 9.17) is 24.4 Å². The topological polar surface area (TPSA) is 90.4 Å². The van der Waals surface area contributed by atoms with Gasteiger partial charge in [-0.3, -0.25) is 19.5 Å². The Kier molecular flexibility index (Phi) is 15.0. The van der Waals surface area contributed by atoms with Gasteiger partial charge in [0.05, 0.1) is 25.5 Å². The molecule has 1 amide bonds. The molecule has 0 saturated carbocycles. The van der Waals surface area contributed by atoms with Crippen LogP contribution in [0.15, 0.2) is 66.5 Å². The van der Waals surface area contributed by atoms with Gasteiger partial charge in [-0.25, -0.2) is 15.0 Å². The Balaban J connectivity index is 1.44. The fraction of sp³-hybridized carbons (Fsp3) is 0.561. The van der Waals surface area contributed by atoms with Gasteiger partial charge in [0.1, 0.15) is 12.5 Å². The Morgan fingerprint density at radius 2 is 1.79 bits per heavy atom. The van der Waals surface area contributed by atoms with E-state index < -0.39 is 8.07 Å². The average Bonchev–Trinajstić information content (AvgIpc) is 3.14. The van der Waals surface area contributed by atoms with Crippen molar-refractivity contribution in [2.75, 3.05) is 89.7 Å². The summed E-state index contributed by atoms with van der Waals surface area (Å²) in [5, 5.41) is 0. The van der Waals surface area contributed by atoms with E-state index in [1.54, 1.807) is 0 Å². The first-order valence-electron chi connectivity index (χ1n) is 19.4. The van der Waals surface area contributed by atoms with E-state index in [-0.39, 0.29) is 11.9 Å². The predicted molar refractivity (Wildman–Crippen MR) is 218 cm³/mol. The average molecular weight is 743 g/mol. The number of hydrogen-bond donors (Lipinski definition) is 0. The number of amides is 1. The molecular weight excluding hydrogens is 681 g/mol. The molecule has 1 aromatic carbocycles. The van der Waals surface area contributed by atoms with Crippen LogP contribution in [0.25, 0.3) is 11.3 Å². The molecule has 7 heterocycles. The van der Waals surface area contributed by atoms with E-state index in [0.29, 0.717) is 45.6 Å². The van der Waals surface area contributed by atoms with Crippen LogP contribution in [-0.2, 0) is 20.8 Å². The molecule has 0 N–H and O–H groups in total. The molecule has 12 heteroatoms. The molecule has 5 aliphatic rings. The minimum Gasteiger partial charge on any atom is -0.379 e. The van der Waals surface area contributed by atoms with E-state index in [1.807, 2.05) is 43.5 Å². The summed E-state index contributed by atoms with van der Waals surface area (Å²) in [7, 11) is 2.70. The molecule has 2 aromatic heterocycles. The Morgan fingerprint density at radius 1 is 0.962 bits per heavy atom. The molecular formula is C41H62N8O3Si. The molecule has 3 unspecified atom stereocenters. The van der Waals surface area contributed by atoms with Crippen LogP contribution in [0.5, 0.6) is 0 Å². The van der Waals surface area contributed by atoms with Crippen molar-refractivity contribution in [3.8, 4) is 11.3 Å². The maximum Gasteiger partial charge on any atom is 0.236 e. The zero-order valence-corrected chi connectivity index (χ0v) is 34.3.